The summed E-state index contributed by atoms with van der Waals surface area (Å²) in [6, 6.07) is 0.642. The quantitative estimate of drug-likeness (QED) is 0.0621. The first-order chi connectivity index (χ1) is 20.1. The Hall–Kier alpha value is -3.03. The van der Waals surface area contributed by atoms with Gasteiger partial charge in [0.05, 0.1) is 6.54 Å². The van der Waals surface area contributed by atoms with Gasteiger partial charge in [-0.2, -0.15) is 0 Å². The van der Waals surface area contributed by atoms with Crippen LogP contribution in [-0.2, 0) is 19.2 Å². The number of halogens is 1. The average molecular weight is 673 g/mol. The van der Waals surface area contributed by atoms with E-state index >= 15 is 0 Å². The summed E-state index contributed by atoms with van der Waals surface area (Å²) in [4.78, 5) is 61.1. The first-order valence-corrected chi connectivity index (χ1v) is 16.3. The first kappa shape index (κ1) is 31.9. The van der Waals surface area contributed by atoms with Crippen LogP contribution in [0.4, 0.5) is 5.13 Å². The van der Waals surface area contributed by atoms with Crippen molar-refractivity contribution in [3.63, 3.8) is 0 Å². The van der Waals surface area contributed by atoms with Crippen LogP contribution in [0.15, 0.2) is 39.1 Å². The monoisotopic (exact) mass is 672 g/mol. The summed E-state index contributed by atoms with van der Waals surface area (Å²) in [6.45, 7) is 2.08. The predicted octanol–water partition coefficient (Wildman–Crippen LogP) is 1.53. The van der Waals surface area contributed by atoms with Gasteiger partial charge >= 0.3 is 5.97 Å². The summed E-state index contributed by atoms with van der Waals surface area (Å²) in [7, 11) is 1.67. The molecular weight excluding hydrogens is 648 g/mol. The number of amides is 3. The molecule has 3 atom stereocenters. The number of thioether (sulfide) groups is 3. The molecule has 2 aromatic heterocycles. The maximum atomic E-state index is 13.2. The molecule has 224 valence electrons. The Bertz CT molecular complexity index is 1470. The van der Waals surface area contributed by atoms with Crippen molar-refractivity contribution in [2.45, 2.75) is 28.6 Å². The minimum absolute atomic E-state index is 0.0264. The van der Waals surface area contributed by atoms with Gasteiger partial charge in [0.1, 0.15) is 32.5 Å². The van der Waals surface area contributed by atoms with Crippen LogP contribution in [-0.4, -0.2) is 91.1 Å². The number of rotatable bonds is 12. The van der Waals surface area contributed by atoms with Crippen molar-refractivity contribution >= 4 is 92.8 Å². The summed E-state index contributed by atoms with van der Waals surface area (Å²) >= 11 is 10.8. The number of hydrogen-bond donors (Lipinski definition) is 6. The summed E-state index contributed by atoms with van der Waals surface area (Å²) in [5.74, 6) is -2.16. The fourth-order valence-electron chi connectivity index (χ4n) is 4.09. The molecule has 7 N–H and O–H groups in total. The number of nitrogens with zero attached hydrogens (tertiary/aromatic N) is 4. The number of aliphatic carboxylic acids is 1. The number of fused-ring (bicyclic) bond motifs is 1. The number of β-lactam (4-membered cyclic amide) rings is 1. The zero-order chi connectivity index (χ0) is 30.6. The molecule has 0 spiro atoms. The van der Waals surface area contributed by atoms with Gasteiger partial charge < -0.3 is 32.0 Å². The van der Waals surface area contributed by atoms with Crippen molar-refractivity contribution in [3.05, 3.63) is 44.7 Å². The lowest BCUT2D eigenvalue weighted by Gasteiger charge is -2.49. The second-order valence-corrected chi connectivity index (χ2v) is 13.8. The molecule has 4 heterocycles. The Kier molecular flexibility index (Phi) is 10.6. The van der Waals surface area contributed by atoms with Gasteiger partial charge in [0, 0.05) is 33.5 Å². The van der Waals surface area contributed by atoms with E-state index in [2.05, 4.69) is 31.1 Å². The number of oxime groups is 1. The van der Waals surface area contributed by atoms with E-state index in [1.54, 1.807) is 25.5 Å². The van der Waals surface area contributed by atoms with E-state index in [0.717, 1.165) is 16.2 Å². The molecular formula is C23H25ClN8O6S4. The third-order valence-corrected chi connectivity index (χ3v) is 10.6. The lowest BCUT2D eigenvalue weighted by molar-refractivity contribution is -0.150. The largest absolute Gasteiger partial charge is 0.477 e. The number of nitrogens with one attached hydrogen (secondary N) is 3. The Balaban J connectivity index is 1.56. The lowest BCUT2D eigenvalue weighted by atomic mass is 10.0. The fraction of sp³-hybridized carbons (Fsp3) is 0.348. The molecule has 1 saturated heterocycles. The zero-order valence-electron chi connectivity index (χ0n) is 22.0. The van der Waals surface area contributed by atoms with Crippen LogP contribution in [0.25, 0.3) is 0 Å². The SMILES string of the molecule is CCSC(NC(=O)CNC)c1cnccc1SC1=C(C(=O)O)N2C(=O)[C@@H](NC(=O)/C(=N\O)c3nc(N)sc3Cl)[C@@H]2SC1. The van der Waals surface area contributed by atoms with Crippen LogP contribution in [0, 0.1) is 0 Å². The number of carbonyl (C=O) groups is 4. The summed E-state index contributed by atoms with van der Waals surface area (Å²) in [5, 5.41) is 29.7. The normalized spacial score (nSPS) is 19.2. The number of carbonyl (C=O) groups excluding carboxylic acids is 3. The molecule has 3 amide bonds. The maximum Gasteiger partial charge on any atom is 0.353 e. The molecule has 19 heteroatoms. The molecule has 1 unspecified atom stereocenters. The number of anilines is 1. The standard InChI is InChI=1S/C23H25ClN8O6S4/c1-3-39-19(28-12(33)7-26-2)9-6-27-5-4-10(9)41-11-8-40-21-15(20(35)32(21)16(11)22(36)37)29-18(34)14(31-38)13-17(24)42-23(25)30-13/h4-6,15,19,21,26,38H,3,7-8H2,1-2H3,(H2,25,30)(H,28,33)(H,29,34)(H,36,37)/b31-14-/t15-,19?,21+/m1/s1. The fourth-order valence-corrected chi connectivity index (χ4v) is 8.61. The number of carboxylic acids is 1. The van der Waals surface area contributed by atoms with Crippen molar-refractivity contribution in [2.75, 3.05) is 30.8 Å². The molecule has 14 nitrogen and oxygen atoms in total. The summed E-state index contributed by atoms with van der Waals surface area (Å²) < 4.78 is 0.0264. The number of carboxylic acid groups (broad SMARTS) is 1. The Morgan fingerprint density at radius 1 is 1.38 bits per heavy atom. The number of hydrogen-bond acceptors (Lipinski definition) is 14. The molecule has 0 bridgehead atoms. The number of thiazole rings is 1. The van der Waals surface area contributed by atoms with Crippen LogP contribution < -0.4 is 21.7 Å². The van der Waals surface area contributed by atoms with Crippen molar-refractivity contribution in [1.29, 1.82) is 0 Å². The molecule has 2 aliphatic rings. The van der Waals surface area contributed by atoms with Crippen molar-refractivity contribution < 1.29 is 29.5 Å². The number of aromatic nitrogens is 2. The van der Waals surface area contributed by atoms with Crippen LogP contribution in [0.1, 0.15) is 23.6 Å². The topological polar surface area (TPSA) is 212 Å². The van der Waals surface area contributed by atoms with E-state index in [-0.39, 0.29) is 39.1 Å². The van der Waals surface area contributed by atoms with E-state index in [1.165, 1.54) is 35.3 Å². The lowest BCUT2D eigenvalue weighted by Crippen LogP contribution is -2.71. The van der Waals surface area contributed by atoms with E-state index in [4.69, 9.17) is 17.3 Å². The van der Waals surface area contributed by atoms with Crippen LogP contribution in [0.2, 0.25) is 4.34 Å². The van der Waals surface area contributed by atoms with E-state index in [9.17, 15) is 29.5 Å². The molecule has 2 aliphatic heterocycles. The van der Waals surface area contributed by atoms with E-state index < -0.39 is 40.3 Å². The molecule has 0 saturated carbocycles. The Morgan fingerprint density at radius 3 is 2.76 bits per heavy atom. The highest BCUT2D eigenvalue weighted by atomic mass is 35.5. The first-order valence-electron chi connectivity index (χ1n) is 12.1. The van der Waals surface area contributed by atoms with Crippen molar-refractivity contribution in [2.24, 2.45) is 5.16 Å². The van der Waals surface area contributed by atoms with E-state index in [0.29, 0.717) is 21.1 Å². The Labute approximate surface area is 261 Å². The van der Waals surface area contributed by atoms with Gasteiger partial charge in [-0.25, -0.2) is 9.78 Å². The number of pyridine rings is 1. The van der Waals surface area contributed by atoms with Crippen molar-refractivity contribution in [3.8, 4) is 0 Å². The van der Waals surface area contributed by atoms with Crippen LogP contribution in [0.5, 0.6) is 0 Å². The van der Waals surface area contributed by atoms with E-state index in [1.807, 2.05) is 6.92 Å². The third-order valence-electron chi connectivity index (χ3n) is 5.85. The van der Waals surface area contributed by atoms with Gasteiger partial charge in [-0.15, -0.1) is 23.5 Å². The molecule has 0 aromatic carbocycles. The second-order valence-electron chi connectivity index (χ2n) is 8.51. The Morgan fingerprint density at radius 2 is 2.14 bits per heavy atom. The number of nitrogens with two attached hydrogens (primary N) is 1. The second kappa shape index (κ2) is 14.0. The zero-order valence-corrected chi connectivity index (χ0v) is 26.0. The van der Waals surface area contributed by atoms with Gasteiger partial charge in [0.2, 0.25) is 5.91 Å². The molecule has 0 aliphatic carbocycles. The molecule has 0 radical (unpaired) electrons. The number of likely N-dealkylation sites (N-methyl/N-ethyl adjacent to an activating group) is 1. The smallest absolute Gasteiger partial charge is 0.353 e. The maximum absolute atomic E-state index is 13.2. The predicted molar refractivity (Wildman–Crippen MR) is 163 cm³/mol. The molecule has 2 aromatic rings. The third kappa shape index (κ3) is 6.63. The minimum Gasteiger partial charge on any atom is -0.477 e. The molecule has 1 fully saturated rings. The van der Waals surface area contributed by atoms with Gasteiger partial charge in [-0.05, 0) is 18.9 Å². The number of nitrogen functional groups attached to an aromatic ring is 1. The van der Waals surface area contributed by atoms with Gasteiger partial charge in [0.15, 0.2) is 10.8 Å². The highest BCUT2D eigenvalue weighted by Gasteiger charge is 2.54. The van der Waals surface area contributed by atoms with Crippen LogP contribution >= 0.6 is 58.2 Å². The molecule has 4 rings (SSSR count). The summed E-state index contributed by atoms with van der Waals surface area (Å²) in [6.07, 6.45) is 3.19. The minimum atomic E-state index is -1.30. The van der Waals surface area contributed by atoms with Gasteiger partial charge in [-0.3, -0.25) is 24.3 Å². The van der Waals surface area contributed by atoms with Crippen LogP contribution in [0.3, 0.4) is 0 Å². The highest BCUT2D eigenvalue weighted by molar-refractivity contribution is 8.06. The van der Waals surface area contributed by atoms with Crippen molar-refractivity contribution in [1.82, 2.24) is 30.8 Å². The molecule has 42 heavy (non-hydrogen) atoms. The van der Waals surface area contributed by atoms with Gasteiger partial charge in [-0.1, -0.05) is 46.8 Å². The van der Waals surface area contributed by atoms with Gasteiger partial charge in [0.25, 0.3) is 11.8 Å². The summed E-state index contributed by atoms with van der Waals surface area (Å²) in [5.41, 5.74) is 5.43. The average Bonchev–Trinajstić information content (AvgIpc) is 3.28. The highest BCUT2D eigenvalue weighted by Crippen LogP contribution is 2.46.